The molecule has 0 saturated heterocycles. The summed E-state index contributed by atoms with van der Waals surface area (Å²) in [5.41, 5.74) is 7.06. The van der Waals surface area contributed by atoms with Gasteiger partial charge in [-0.1, -0.05) is 32.9 Å². The van der Waals surface area contributed by atoms with Crippen LogP contribution < -0.4 is 10.5 Å². The zero-order chi connectivity index (χ0) is 13.6. The second-order valence-electron chi connectivity index (χ2n) is 5.59. The van der Waals surface area contributed by atoms with Crippen molar-refractivity contribution in [2.24, 2.45) is 11.1 Å². The van der Waals surface area contributed by atoms with Crippen molar-refractivity contribution in [3.8, 4) is 5.75 Å². The van der Waals surface area contributed by atoms with Crippen LogP contribution in [-0.2, 0) is 11.2 Å². The summed E-state index contributed by atoms with van der Waals surface area (Å²) < 4.78 is 11.0. The number of methoxy groups -OCH3 is 1. The van der Waals surface area contributed by atoms with Crippen LogP contribution >= 0.6 is 0 Å². The van der Waals surface area contributed by atoms with Crippen LogP contribution in [0.4, 0.5) is 0 Å². The molecule has 1 atom stereocenters. The molecule has 2 N–H and O–H groups in total. The van der Waals surface area contributed by atoms with Gasteiger partial charge in [-0.3, -0.25) is 0 Å². The quantitative estimate of drug-likeness (QED) is 0.845. The highest BCUT2D eigenvalue weighted by Gasteiger charge is 2.24. The molecule has 0 fully saturated rings. The maximum absolute atomic E-state index is 5.93. The molecule has 0 spiro atoms. The second kappa shape index (κ2) is 6.76. The van der Waals surface area contributed by atoms with E-state index in [0.29, 0.717) is 6.54 Å². The smallest absolute Gasteiger partial charge is 0.119 e. The molecule has 1 aromatic rings. The fraction of sp³-hybridized carbons (Fsp3) is 0.600. The molecular weight excluding hydrogens is 226 g/mol. The zero-order valence-corrected chi connectivity index (χ0v) is 11.9. The number of nitrogens with two attached hydrogens (primary N) is 1. The van der Waals surface area contributed by atoms with Crippen molar-refractivity contribution >= 4 is 0 Å². The first-order valence-corrected chi connectivity index (χ1v) is 6.42. The van der Waals surface area contributed by atoms with Crippen molar-refractivity contribution in [1.29, 1.82) is 0 Å². The van der Waals surface area contributed by atoms with Crippen LogP contribution in [0.1, 0.15) is 26.3 Å². The van der Waals surface area contributed by atoms with Gasteiger partial charge in [-0.15, -0.1) is 0 Å². The van der Waals surface area contributed by atoms with Gasteiger partial charge < -0.3 is 15.2 Å². The van der Waals surface area contributed by atoms with E-state index in [0.717, 1.165) is 18.8 Å². The normalized spacial score (nSPS) is 13.4. The summed E-state index contributed by atoms with van der Waals surface area (Å²) in [5.74, 6) is 0.876. The average Bonchev–Trinajstić information content (AvgIpc) is 2.33. The summed E-state index contributed by atoms with van der Waals surface area (Å²) in [4.78, 5) is 0. The fourth-order valence-corrected chi connectivity index (χ4v) is 1.70. The lowest BCUT2D eigenvalue weighted by molar-refractivity contribution is 0.0941. The summed E-state index contributed by atoms with van der Waals surface area (Å²) >= 11 is 0. The molecule has 0 aliphatic rings. The Bertz CT molecular complexity index is 341. The van der Waals surface area contributed by atoms with Gasteiger partial charge in [-0.2, -0.15) is 0 Å². The van der Waals surface area contributed by atoms with E-state index in [-0.39, 0.29) is 11.5 Å². The SMILES string of the molecule is COCCc1ccc(OC(CN)C(C)(C)C)cc1. The van der Waals surface area contributed by atoms with E-state index < -0.39 is 0 Å². The molecular formula is C15H25NO2. The Morgan fingerprint density at radius 1 is 1.17 bits per heavy atom. The first-order valence-electron chi connectivity index (χ1n) is 6.42. The van der Waals surface area contributed by atoms with E-state index >= 15 is 0 Å². The minimum atomic E-state index is 0.0299. The van der Waals surface area contributed by atoms with Crippen molar-refractivity contribution < 1.29 is 9.47 Å². The molecule has 0 aliphatic carbocycles. The Kier molecular flexibility index (Phi) is 5.63. The first kappa shape index (κ1) is 15.0. The highest BCUT2D eigenvalue weighted by molar-refractivity contribution is 5.27. The van der Waals surface area contributed by atoms with E-state index in [1.807, 2.05) is 12.1 Å². The Hall–Kier alpha value is -1.06. The molecule has 0 amide bonds. The van der Waals surface area contributed by atoms with E-state index in [1.54, 1.807) is 7.11 Å². The fourth-order valence-electron chi connectivity index (χ4n) is 1.70. The first-order chi connectivity index (χ1) is 8.47. The maximum atomic E-state index is 5.93. The third kappa shape index (κ3) is 4.67. The number of hydrogen-bond donors (Lipinski definition) is 1. The lowest BCUT2D eigenvalue weighted by Gasteiger charge is -2.30. The van der Waals surface area contributed by atoms with Crippen molar-refractivity contribution in [1.82, 2.24) is 0 Å². The van der Waals surface area contributed by atoms with Crippen LogP contribution in [0.15, 0.2) is 24.3 Å². The second-order valence-corrected chi connectivity index (χ2v) is 5.59. The summed E-state index contributed by atoms with van der Waals surface area (Å²) in [6.45, 7) is 7.68. The van der Waals surface area contributed by atoms with Crippen LogP contribution in [0, 0.1) is 5.41 Å². The van der Waals surface area contributed by atoms with Gasteiger partial charge in [-0.05, 0) is 24.1 Å². The molecule has 18 heavy (non-hydrogen) atoms. The molecule has 3 nitrogen and oxygen atoms in total. The van der Waals surface area contributed by atoms with E-state index in [9.17, 15) is 0 Å². The molecule has 1 aromatic carbocycles. The van der Waals surface area contributed by atoms with Gasteiger partial charge in [0.15, 0.2) is 0 Å². The lowest BCUT2D eigenvalue weighted by Crippen LogP contribution is -2.38. The molecule has 0 saturated carbocycles. The monoisotopic (exact) mass is 251 g/mol. The molecule has 3 heteroatoms. The number of rotatable bonds is 6. The molecule has 0 aliphatic heterocycles. The van der Waals surface area contributed by atoms with Gasteiger partial charge in [0, 0.05) is 19.1 Å². The van der Waals surface area contributed by atoms with Gasteiger partial charge in [-0.25, -0.2) is 0 Å². The van der Waals surface area contributed by atoms with Gasteiger partial charge >= 0.3 is 0 Å². The zero-order valence-electron chi connectivity index (χ0n) is 11.9. The van der Waals surface area contributed by atoms with Crippen LogP contribution in [0.5, 0.6) is 5.75 Å². The molecule has 0 radical (unpaired) electrons. The van der Waals surface area contributed by atoms with Crippen LogP contribution in [0.25, 0.3) is 0 Å². The molecule has 1 rings (SSSR count). The summed E-state index contributed by atoms with van der Waals surface area (Å²) in [6.07, 6.45) is 0.957. The summed E-state index contributed by atoms with van der Waals surface area (Å²) in [6, 6.07) is 8.15. The predicted molar refractivity (Wildman–Crippen MR) is 74.9 cm³/mol. The number of hydrogen-bond acceptors (Lipinski definition) is 3. The summed E-state index contributed by atoms with van der Waals surface area (Å²) in [7, 11) is 1.71. The lowest BCUT2D eigenvalue weighted by atomic mass is 9.89. The van der Waals surface area contributed by atoms with Gasteiger partial charge in [0.1, 0.15) is 11.9 Å². The predicted octanol–water partition coefficient (Wildman–Crippen LogP) is 2.63. The Morgan fingerprint density at radius 2 is 1.78 bits per heavy atom. The third-order valence-corrected chi connectivity index (χ3v) is 2.98. The Balaban J connectivity index is 2.62. The topological polar surface area (TPSA) is 44.5 Å². The molecule has 0 heterocycles. The minimum absolute atomic E-state index is 0.0299. The average molecular weight is 251 g/mol. The highest BCUT2D eigenvalue weighted by atomic mass is 16.5. The van der Waals surface area contributed by atoms with Crippen LogP contribution in [-0.4, -0.2) is 26.4 Å². The van der Waals surface area contributed by atoms with Gasteiger partial charge in [0.25, 0.3) is 0 Å². The number of benzene rings is 1. The van der Waals surface area contributed by atoms with Crippen molar-refractivity contribution in [2.45, 2.75) is 33.3 Å². The highest BCUT2D eigenvalue weighted by Crippen LogP contribution is 2.24. The van der Waals surface area contributed by atoms with Crippen molar-refractivity contribution in [2.75, 3.05) is 20.3 Å². The van der Waals surface area contributed by atoms with Gasteiger partial charge in [0.05, 0.1) is 6.61 Å². The third-order valence-electron chi connectivity index (χ3n) is 2.98. The standard InChI is InChI=1S/C15H25NO2/c1-15(2,3)14(11-16)18-13-7-5-12(6-8-13)9-10-17-4/h5-8,14H,9-11,16H2,1-4H3. The molecule has 102 valence electrons. The van der Waals surface area contributed by atoms with E-state index in [2.05, 4.69) is 32.9 Å². The van der Waals surface area contributed by atoms with Crippen molar-refractivity contribution in [3.05, 3.63) is 29.8 Å². The maximum Gasteiger partial charge on any atom is 0.119 e. The number of ether oxygens (including phenoxy) is 2. The molecule has 1 unspecified atom stereocenters. The molecule has 0 bridgehead atoms. The largest absolute Gasteiger partial charge is 0.489 e. The summed E-state index contributed by atoms with van der Waals surface area (Å²) in [5, 5.41) is 0. The Labute approximate surface area is 110 Å². The Morgan fingerprint density at radius 3 is 2.22 bits per heavy atom. The molecule has 0 aromatic heterocycles. The van der Waals surface area contributed by atoms with E-state index in [4.69, 9.17) is 15.2 Å². The van der Waals surface area contributed by atoms with Crippen LogP contribution in [0.2, 0.25) is 0 Å². The minimum Gasteiger partial charge on any atom is -0.489 e. The van der Waals surface area contributed by atoms with E-state index in [1.165, 1.54) is 5.56 Å². The van der Waals surface area contributed by atoms with Crippen LogP contribution in [0.3, 0.4) is 0 Å². The van der Waals surface area contributed by atoms with Gasteiger partial charge in [0.2, 0.25) is 0 Å². The van der Waals surface area contributed by atoms with Crippen molar-refractivity contribution in [3.63, 3.8) is 0 Å².